The Labute approximate surface area is 126 Å². The Kier molecular flexibility index (Phi) is 3.50. The molecule has 0 aliphatic rings. The Morgan fingerprint density at radius 2 is 2.05 bits per heavy atom. The lowest BCUT2D eigenvalue weighted by Gasteiger charge is -2.02. The summed E-state index contributed by atoms with van der Waals surface area (Å²) < 4.78 is 6.58. The van der Waals surface area contributed by atoms with Gasteiger partial charge in [-0.15, -0.1) is 5.10 Å². The van der Waals surface area contributed by atoms with Crippen LogP contribution in [0.15, 0.2) is 53.5 Å². The van der Waals surface area contributed by atoms with Crippen molar-refractivity contribution in [3.05, 3.63) is 65.2 Å². The molecule has 0 aliphatic carbocycles. The zero-order valence-electron chi connectivity index (χ0n) is 11.2. The van der Waals surface area contributed by atoms with Crippen LogP contribution in [0.25, 0.3) is 5.69 Å². The van der Waals surface area contributed by atoms with Gasteiger partial charge in [-0.05, 0) is 37.3 Å². The normalized spacial score (nSPS) is 10.6. The van der Waals surface area contributed by atoms with Gasteiger partial charge in [0.1, 0.15) is 6.26 Å². The number of rotatable bonds is 3. The summed E-state index contributed by atoms with van der Waals surface area (Å²) >= 11 is 5.87. The number of furan rings is 1. The Morgan fingerprint density at radius 3 is 2.71 bits per heavy atom. The topological polar surface area (TPSA) is 60.1 Å². The monoisotopic (exact) mass is 301 g/mol. The Balaban J connectivity index is 1.84. The predicted molar refractivity (Wildman–Crippen MR) is 80.0 cm³/mol. The van der Waals surface area contributed by atoms with Crippen molar-refractivity contribution in [1.82, 2.24) is 9.78 Å². The third-order valence-corrected chi connectivity index (χ3v) is 3.26. The van der Waals surface area contributed by atoms with Gasteiger partial charge in [0.25, 0.3) is 5.91 Å². The van der Waals surface area contributed by atoms with Crippen molar-refractivity contribution in [1.29, 1.82) is 0 Å². The van der Waals surface area contributed by atoms with Crippen LogP contribution in [0, 0.1) is 6.92 Å². The average Bonchev–Trinajstić information content (AvgIpc) is 3.10. The van der Waals surface area contributed by atoms with Crippen molar-refractivity contribution in [2.45, 2.75) is 6.92 Å². The molecular weight excluding hydrogens is 290 g/mol. The van der Waals surface area contributed by atoms with Crippen LogP contribution in [-0.2, 0) is 0 Å². The van der Waals surface area contributed by atoms with E-state index >= 15 is 0 Å². The maximum atomic E-state index is 12.0. The van der Waals surface area contributed by atoms with E-state index in [2.05, 4.69) is 10.4 Å². The van der Waals surface area contributed by atoms with Crippen LogP contribution in [0.3, 0.4) is 0 Å². The molecule has 0 unspecified atom stereocenters. The number of carbonyl (C=O) groups is 1. The lowest BCUT2D eigenvalue weighted by molar-refractivity contribution is 0.102. The molecule has 0 atom stereocenters. The molecule has 0 aliphatic heterocycles. The summed E-state index contributed by atoms with van der Waals surface area (Å²) in [5.41, 5.74) is 2.18. The number of halogens is 1. The highest BCUT2D eigenvalue weighted by atomic mass is 35.5. The number of carbonyl (C=O) groups excluding carboxylic acids is 1. The van der Waals surface area contributed by atoms with E-state index in [9.17, 15) is 4.79 Å². The van der Waals surface area contributed by atoms with Crippen molar-refractivity contribution in [3.8, 4) is 5.69 Å². The van der Waals surface area contributed by atoms with E-state index in [4.69, 9.17) is 16.0 Å². The largest absolute Gasteiger partial charge is 0.472 e. The van der Waals surface area contributed by atoms with Crippen LogP contribution < -0.4 is 5.32 Å². The highest BCUT2D eigenvalue weighted by molar-refractivity contribution is 6.30. The number of nitrogens with one attached hydrogen (secondary N) is 1. The van der Waals surface area contributed by atoms with Crippen LogP contribution in [0.2, 0.25) is 5.02 Å². The number of benzene rings is 1. The number of aromatic nitrogens is 2. The maximum absolute atomic E-state index is 12.0. The summed E-state index contributed by atoms with van der Waals surface area (Å²) in [5, 5.41) is 7.79. The van der Waals surface area contributed by atoms with E-state index in [1.165, 1.54) is 12.5 Å². The molecule has 0 saturated carbocycles. The molecular formula is C15H12ClN3O2. The molecule has 5 nitrogen and oxygen atoms in total. The second-order valence-electron chi connectivity index (χ2n) is 4.55. The summed E-state index contributed by atoms with van der Waals surface area (Å²) in [6.07, 6.45) is 4.68. The molecule has 0 radical (unpaired) electrons. The standard InChI is InChI=1S/C15H12ClN3O2/c1-10-8-19(13-4-2-12(16)3-5-13)18-14(10)17-15(20)11-6-7-21-9-11/h2-9H,1H3,(H,17,18,20). The van der Waals surface area contributed by atoms with Crippen LogP contribution in [0.1, 0.15) is 15.9 Å². The van der Waals surface area contributed by atoms with Gasteiger partial charge in [0.15, 0.2) is 5.82 Å². The minimum Gasteiger partial charge on any atom is -0.472 e. The molecule has 2 heterocycles. The van der Waals surface area contributed by atoms with Gasteiger partial charge in [-0.25, -0.2) is 4.68 Å². The summed E-state index contributed by atoms with van der Waals surface area (Å²) in [5.74, 6) is 0.254. The van der Waals surface area contributed by atoms with Crippen molar-refractivity contribution in [2.24, 2.45) is 0 Å². The fraction of sp³-hybridized carbons (Fsp3) is 0.0667. The number of nitrogens with zero attached hydrogens (tertiary/aromatic N) is 2. The van der Waals surface area contributed by atoms with E-state index in [1.54, 1.807) is 22.9 Å². The number of anilines is 1. The van der Waals surface area contributed by atoms with Gasteiger partial charge in [-0.2, -0.15) is 0 Å². The van der Waals surface area contributed by atoms with E-state index in [0.717, 1.165) is 11.3 Å². The van der Waals surface area contributed by atoms with Crippen molar-refractivity contribution < 1.29 is 9.21 Å². The first-order valence-electron chi connectivity index (χ1n) is 6.29. The van der Waals surface area contributed by atoms with E-state index in [0.29, 0.717) is 16.4 Å². The molecule has 0 bridgehead atoms. The molecule has 1 amide bonds. The van der Waals surface area contributed by atoms with Crippen molar-refractivity contribution in [2.75, 3.05) is 5.32 Å². The third-order valence-electron chi connectivity index (χ3n) is 3.00. The molecule has 21 heavy (non-hydrogen) atoms. The zero-order valence-corrected chi connectivity index (χ0v) is 12.0. The average molecular weight is 302 g/mol. The second-order valence-corrected chi connectivity index (χ2v) is 4.98. The molecule has 1 aromatic carbocycles. The number of amides is 1. The second kappa shape index (κ2) is 5.46. The smallest absolute Gasteiger partial charge is 0.260 e. The summed E-state index contributed by atoms with van der Waals surface area (Å²) in [4.78, 5) is 12.0. The third kappa shape index (κ3) is 2.83. The van der Waals surface area contributed by atoms with Gasteiger partial charge in [-0.1, -0.05) is 11.6 Å². The summed E-state index contributed by atoms with van der Waals surface area (Å²) in [7, 11) is 0. The first-order valence-corrected chi connectivity index (χ1v) is 6.67. The van der Waals surface area contributed by atoms with Gasteiger partial charge in [0.05, 0.1) is 17.5 Å². The van der Waals surface area contributed by atoms with Crippen LogP contribution in [0.5, 0.6) is 0 Å². The van der Waals surface area contributed by atoms with E-state index in [-0.39, 0.29) is 5.91 Å². The fourth-order valence-corrected chi connectivity index (χ4v) is 2.01. The van der Waals surface area contributed by atoms with Gasteiger partial charge < -0.3 is 9.73 Å². The van der Waals surface area contributed by atoms with E-state index in [1.807, 2.05) is 25.3 Å². The molecule has 1 N–H and O–H groups in total. The van der Waals surface area contributed by atoms with E-state index < -0.39 is 0 Å². The number of hydrogen-bond donors (Lipinski definition) is 1. The molecule has 6 heteroatoms. The van der Waals surface area contributed by atoms with Crippen LogP contribution in [-0.4, -0.2) is 15.7 Å². The molecule has 2 aromatic heterocycles. The minimum atomic E-state index is -0.256. The Bertz CT molecular complexity index is 761. The lowest BCUT2D eigenvalue weighted by atomic mass is 10.3. The van der Waals surface area contributed by atoms with Gasteiger partial charge >= 0.3 is 0 Å². The first-order chi connectivity index (χ1) is 10.1. The Morgan fingerprint density at radius 1 is 1.29 bits per heavy atom. The SMILES string of the molecule is Cc1cn(-c2ccc(Cl)cc2)nc1NC(=O)c1ccoc1. The van der Waals surface area contributed by atoms with Gasteiger partial charge in [-0.3, -0.25) is 4.79 Å². The minimum absolute atomic E-state index is 0.256. The quantitative estimate of drug-likeness (QED) is 0.803. The lowest BCUT2D eigenvalue weighted by Crippen LogP contribution is -2.12. The first kappa shape index (κ1) is 13.5. The van der Waals surface area contributed by atoms with Crippen LogP contribution >= 0.6 is 11.6 Å². The fourth-order valence-electron chi connectivity index (χ4n) is 1.88. The zero-order chi connectivity index (χ0) is 14.8. The van der Waals surface area contributed by atoms with Crippen LogP contribution in [0.4, 0.5) is 5.82 Å². The Hall–Kier alpha value is -2.53. The number of aryl methyl sites for hydroxylation is 1. The highest BCUT2D eigenvalue weighted by Gasteiger charge is 2.12. The molecule has 0 saturated heterocycles. The number of hydrogen-bond acceptors (Lipinski definition) is 3. The predicted octanol–water partition coefficient (Wildman–Crippen LogP) is 3.68. The van der Waals surface area contributed by atoms with Gasteiger partial charge in [0.2, 0.25) is 0 Å². The molecule has 106 valence electrons. The maximum Gasteiger partial charge on any atom is 0.260 e. The molecule has 3 aromatic rings. The highest BCUT2D eigenvalue weighted by Crippen LogP contribution is 2.18. The summed E-state index contributed by atoms with van der Waals surface area (Å²) in [6, 6.07) is 8.89. The van der Waals surface area contributed by atoms with Crippen molar-refractivity contribution >= 4 is 23.3 Å². The molecule has 0 spiro atoms. The van der Waals surface area contributed by atoms with Crippen molar-refractivity contribution in [3.63, 3.8) is 0 Å². The molecule has 0 fully saturated rings. The molecule has 3 rings (SSSR count). The summed E-state index contributed by atoms with van der Waals surface area (Å²) in [6.45, 7) is 1.88. The van der Waals surface area contributed by atoms with Gasteiger partial charge in [0, 0.05) is 16.8 Å².